The second kappa shape index (κ2) is 5.10. The van der Waals surface area contributed by atoms with Gasteiger partial charge in [-0.05, 0) is 43.8 Å². The minimum absolute atomic E-state index is 0.835. The molecule has 0 unspecified atom stereocenters. The lowest BCUT2D eigenvalue weighted by molar-refractivity contribution is 0.326. The van der Waals surface area contributed by atoms with E-state index in [1.807, 2.05) is 11.3 Å². The van der Waals surface area contributed by atoms with Crippen LogP contribution in [0.15, 0.2) is 11.4 Å². The first-order chi connectivity index (χ1) is 7.25. The second-order valence-corrected chi connectivity index (χ2v) is 5.49. The number of nitrogens with one attached hydrogen (secondary N) is 1. The lowest BCUT2D eigenvalue weighted by Crippen LogP contribution is -2.29. The number of rotatable bonds is 6. The highest BCUT2D eigenvalue weighted by atomic mass is 32.1. The van der Waals surface area contributed by atoms with Crippen molar-refractivity contribution in [2.24, 2.45) is 0 Å². The highest BCUT2D eigenvalue weighted by molar-refractivity contribution is 7.10. The Hall–Kier alpha value is -0.380. The molecule has 1 aromatic rings. The topological polar surface area (TPSA) is 15.3 Å². The van der Waals surface area contributed by atoms with Crippen LogP contribution < -0.4 is 5.32 Å². The van der Waals surface area contributed by atoms with Crippen molar-refractivity contribution in [1.82, 2.24) is 10.2 Å². The molecule has 0 bridgehead atoms. The Labute approximate surface area is 96.3 Å². The molecule has 1 aromatic heterocycles. The van der Waals surface area contributed by atoms with E-state index in [0.717, 1.165) is 25.7 Å². The zero-order chi connectivity index (χ0) is 10.7. The van der Waals surface area contributed by atoms with E-state index in [-0.39, 0.29) is 0 Å². The monoisotopic (exact) mass is 224 g/mol. The van der Waals surface area contributed by atoms with Gasteiger partial charge in [0.1, 0.15) is 0 Å². The summed E-state index contributed by atoms with van der Waals surface area (Å²) < 4.78 is 0. The third-order valence-electron chi connectivity index (χ3n) is 2.89. The SMILES string of the molecule is Cc1ccsc1CN(C)CCNC1CC1. The smallest absolute Gasteiger partial charge is 0.0328 e. The average Bonchev–Trinajstić information content (AvgIpc) is 2.93. The number of nitrogens with zero attached hydrogens (tertiary/aromatic N) is 1. The van der Waals surface area contributed by atoms with Gasteiger partial charge in [0.25, 0.3) is 0 Å². The quantitative estimate of drug-likeness (QED) is 0.797. The molecule has 0 atom stereocenters. The molecule has 84 valence electrons. The summed E-state index contributed by atoms with van der Waals surface area (Å²) in [6.07, 6.45) is 2.77. The van der Waals surface area contributed by atoms with Crippen molar-refractivity contribution in [3.8, 4) is 0 Å². The molecule has 3 heteroatoms. The second-order valence-electron chi connectivity index (χ2n) is 4.49. The van der Waals surface area contributed by atoms with Crippen LogP contribution in [0.4, 0.5) is 0 Å². The summed E-state index contributed by atoms with van der Waals surface area (Å²) in [5, 5.41) is 5.72. The number of aryl methyl sites for hydroxylation is 1. The van der Waals surface area contributed by atoms with Gasteiger partial charge in [0.05, 0.1) is 0 Å². The fourth-order valence-electron chi connectivity index (χ4n) is 1.64. The third kappa shape index (κ3) is 3.59. The van der Waals surface area contributed by atoms with Crippen LogP contribution in [0, 0.1) is 6.92 Å². The van der Waals surface area contributed by atoms with Crippen molar-refractivity contribution in [3.63, 3.8) is 0 Å². The van der Waals surface area contributed by atoms with Crippen LogP contribution in [0.1, 0.15) is 23.3 Å². The summed E-state index contributed by atoms with van der Waals surface area (Å²) in [4.78, 5) is 3.90. The minimum atomic E-state index is 0.835. The van der Waals surface area contributed by atoms with E-state index >= 15 is 0 Å². The maximum absolute atomic E-state index is 3.54. The van der Waals surface area contributed by atoms with Gasteiger partial charge < -0.3 is 10.2 Å². The van der Waals surface area contributed by atoms with Crippen molar-refractivity contribution in [3.05, 3.63) is 21.9 Å². The Kier molecular flexibility index (Phi) is 3.78. The van der Waals surface area contributed by atoms with Crippen LogP contribution in [0.3, 0.4) is 0 Å². The van der Waals surface area contributed by atoms with Crippen LogP contribution in [0.5, 0.6) is 0 Å². The first kappa shape index (κ1) is 11.1. The molecule has 0 aromatic carbocycles. The van der Waals surface area contributed by atoms with Gasteiger partial charge >= 0.3 is 0 Å². The van der Waals surface area contributed by atoms with Gasteiger partial charge in [-0.1, -0.05) is 0 Å². The first-order valence-corrected chi connectivity index (χ1v) is 6.58. The molecule has 0 aliphatic heterocycles. The van der Waals surface area contributed by atoms with E-state index in [9.17, 15) is 0 Å². The van der Waals surface area contributed by atoms with Crippen LogP contribution >= 0.6 is 11.3 Å². The number of thiophene rings is 1. The van der Waals surface area contributed by atoms with E-state index in [4.69, 9.17) is 0 Å². The van der Waals surface area contributed by atoms with Gasteiger partial charge in [0, 0.05) is 30.6 Å². The Bertz CT molecular complexity index is 304. The van der Waals surface area contributed by atoms with Crippen molar-refractivity contribution in [2.75, 3.05) is 20.1 Å². The Morgan fingerprint density at radius 1 is 1.53 bits per heavy atom. The van der Waals surface area contributed by atoms with Crippen LogP contribution in [0.25, 0.3) is 0 Å². The molecule has 0 amide bonds. The van der Waals surface area contributed by atoms with E-state index in [1.165, 1.54) is 23.3 Å². The normalized spacial score (nSPS) is 16.2. The van der Waals surface area contributed by atoms with Gasteiger partial charge in [-0.25, -0.2) is 0 Å². The summed E-state index contributed by atoms with van der Waals surface area (Å²) >= 11 is 1.87. The van der Waals surface area contributed by atoms with Gasteiger partial charge in [0.2, 0.25) is 0 Å². The van der Waals surface area contributed by atoms with Gasteiger partial charge in [-0.2, -0.15) is 0 Å². The lowest BCUT2D eigenvalue weighted by Gasteiger charge is -2.16. The highest BCUT2D eigenvalue weighted by Gasteiger charge is 2.19. The molecule has 1 saturated carbocycles. The number of likely N-dealkylation sites (N-methyl/N-ethyl adjacent to an activating group) is 1. The fraction of sp³-hybridized carbons (Fsp3) is 0.667. The van der Waals surface area contributed by atoms with Crippen molar-refractivity contribution >= 4 is 11.3 Å². The third-order valence-corrected chi connectivity index (χ3v) is 3.89. The molecule has 1 N–H and O–H groups in total. The highest BCUT2D eigenvalue weighted by Crippen LogP contribution is 2.18. The molecule has 2 nitrogen and oxygen atoms in total. The van der Waals surface area contributed by atoms with Crippen LogP contribution in [-0.4, -0.2) is 31.1 Å². The predicted octanol–water partition coefficient (Wildman–Crippen LogP) is 2.24. The average molecular weight is 224 g/mol. The molecular formula is C12H20N2S. The molecule has 0 radical (unpaired) electrons. The van der Waals surface area contributed by atoms with Gasteiger partial charge in [0.15, 0.2) is 0 Å². The largest absolute Gasteiger partial charge is 0.313 e. The number of hydrogen-bond acceptors (Lipinski definition) is 3. The Morgan fingerprint density at radius 3 is 2.93 bits per heavy atom. The first-order valence-electron chi connectivity index (χ1n) is 5.70. The van der Waals surface area contributed by atoms with Gasteiger partial charge in [-0.15, -0.1) is 11.3 Å². The van der Waals surface area contributed by atoms with Crippen molar-refractivity contribution in [1.29, 1.82) is 0 Å². The van der Waals surface area contributed by atoms with Crippen molar-refractivity contribution < 1.29 is 0 Å². The summed E-state index contributed by atoms with van der Waals surface area (Å²) in [5.41, 5.74) is 1.43. The summed E-state index contributed by atoms with van der Waals surface area (Å²) in [6, 6.07) is 3.04. The standard InChI is InChI=1S/C12H20N2S/c1-10-5-8-15-12(10)9-14(2)7-6-13-11-3-4-11/h5,8,11,13H,3-4,6-7,9H2,1-2H3. The maximum atomic E-state index is 3.54. The molecular weight excluding hydrogens is 204 g/mol. The molecule has 1 heterocycles. The molecule has 15 heavy (non-hydrogen) atoms. The van der Waals surface area contributed by atoms with Crippen molar-refractivity contribution in [2.45, 2.75) is 32.4 Å². The van der Waals surface area contributed by atoms with E-state index in [2.05, 4.69) is 35.6 Å². The zero-order valence-electron chi connectivity index (χ0n) is 9.62. The van der Waals surface area contributed by atoms with E-state index in [1.54, 1.807) is 0 Å². The molecule has 0 spiro atoms. The number of hydrogen-bond donors (Lipinski definition) is 1. The summed E-state index contributed by atoms with van der Waals surface area (Å²) in [6.45, 7) is 5.57. The molecule has 1 aliphatic carbocycles. The minimum Gasteiger partial charge on any atom is -0.313 e. The molecule has 2 rings (SSSR count). The van der Waals surface area contributed by atoms with E-state index < -0.39 is 0 Å². The Balaban J connectivity index is 1.67. The lowest BCUT2D eigenvalue weighted by atomic mass is 10.3. The molecule has 0 saturated heterocycles. The van der Waals surface area contributed by atoms with Crippen LogP contribution in [0.2, 0.25) is 0 Å². The fourth-order valence-corrected chi connectivity index (χ4v) is 2.62. The molecule has 1 fully saturated rings. The predicted molar refractivity (Wildman–Crippen MR) is 66.4 cm³/mol. The molecule has 1 aliphatic rings. The summed E-state index contributed by atoms with van der Waals surface area (Å²) in [7, 11) is 2.20. The summed E-state index contributed by atoms with van der Waals surface area (Å²) in [5.74, 6) is 0. The maximum Gasteiger partial charge on any atom is 0.0328 e. The zero-order valence-corrected chi connectivity index (χ0v) is 10.4. The van der Waals surface area contributed by atoms with E-state index in [0.29, 0.717) is 0 Å². The Morgan fingerprint density at radius 2 is 2.33 bits per heavy atom. The van der Waals surface area contributed by atoms with Gasteiger partial charge in [-0.3, -0.25) is 0 Å². The van der Waals surface area contributed by atoms with Crippen LogP contribution in [-0.2, 0) is 6.54 Å².